The maximum absolute atomic E-state index is 12.3. The fourth-order valence-corrected chi connectivity index (χ4v) is 2.64. The molecule has 1 saturated carbocycles. The first-order valence-corrected chi connectivity index (χ1v) is 6.53. The number of rotatable bonds is 3. The van der Waals surface area contributed by atoms with Gasteiger partial charge in [-0.2, -0.15) is 0 Å². The van der Waals surface area contributed by atoms with Crippen molar-refractivity contribution in [1.82, 2.24) is 4.90 Å². The van der Waals surface area contributed by atoms with Crippen LogP contribution in [-0.4, -0.2) is 36.5 Å². The molecular formula is C13H21NO3. The number of esters is 1. The summed E-state index contributed by atoms with van der Waals surface area (Å²) in [5.41, 5.74) is 0. The predicted octanol–water partition coefficient (Wildman–Crippen LogP) is 1.59. The Morgan fingerprint density at radius 1 is 1.24 bits per heavy atom. The van der Waals surface area contributed by atoms with Crippen LogP contribution in [0.3, 0.4) is 0 Å². The second-order valence-electron chi connectivity index (χ2n) is 5.19. The first-order chi connectivity index (χ1) is 8.15. The summed E-state index contributed by atoms with van der Waals surface area (Å²) in [6, 6.07) is -0.345. The number of carbonyl (C=O) groups excluding carboxylic acids is 2. The predicted molar refractivity (Wildman–Crippen MR) is 63.3 cm³/mol. The van der Waals surface area contributed by atoms with Crippen LogP contribution in [-0.2, 0) is 14.3 Å². The SMILES string of the molecule is COC(=O)[C@H]1CCCCN1C(=O)C(C)C1CC1. The van der Waals surface area contributed by atoms with E-state index in [1.807, 2.05) is 6.92 Å². The molecule has 2 rings (SSSR count). The van der Waals surface area contributed by atoms with Crippen LogP contribution < -0.4 is 0 Å². The average Bonchev–Trinajstić information content (AvgIpc) is 3.20. The first kappa shape index (κ1) is 12.4. The molecule has 1 aliphatic heterocycles. The quantitative estimate of drug-likeness (QED) is 0.703. The van der Waals surface area contributed by atoms with Crippen LogP contribution in [0, 0.1) is 11.8 Å². The molecule has 17 heavy (non-hydrogen) atoms. The van der Waals surface area contributed by atoms with Gasteiger partial charge >= 0.3 is 5.97 Å². The molecule has 4 heteroatoms. The maximum atomic E-state index is 12.3. The molecule has 1 saturated heterocycles. The minimum Gasteiger partial charge on any atom is -0.467 e. The molecule has 1 unspecified atom stereocenters. The third kappa shape index (κ3) is 2.61. The summed E-state index contributed by atoms with van der Waals surface area (Å²) in [7, 11) is 1.39. The van der Waals surface area contributed by atoms with Crippen LogP contribution in [0.5, 0.6) is 0 Å². The Morgan fingerprint density at radius 3 is 2.53 bits per heavy atom. The molecule has 96 valence electrons. The number of hydrogen-bond donors (Lipinski definition) is 0. The summed E-state index contributed by atoms with van der Waals surface area (Å²) >= 11 is 0. The molecular weight excluding hydrogens is 218 g/mol. The minimum absolute atomic E-state index is 0.0697. The van der Waals surface area contributed by atoms with Crippen LogP contribution in [0.1, 0.15) is 39.0 Å². The third-order valence-corrected chi connectivity index (χ3v) is 3.98. The number of piperidine rings is 1. The molecule has 1 amide bonds. The van der Waals surface area contributed by atoms with E-state index in [2.05, 4.69) is 0 Å². The van der Waals surface area contributed by atoms with E-state index in [1.165, 1.54) is 7.11 Å². The molecule has 1 aliphatic carbocycles. The normalized spacial score (nSPS) is 26.5. The summed E-state index contributed by atoms with van der Waals surface area (Å²) in [4.78, 5) is 25.8. The second-order valence-corrected chi connectivity index (χ2v) is 5.19. The minimum atomic E-state index is -0.345. The number of methoxy groups -OCH3 is 1. The van der Waals surface area contributed by atoms with Gasteiger partial charge in [0.25, 0.3) is 0 Å². The highest BCUT2D eigenvalue weighted by molar-refractivity contribution is 5.86. The van der Waals surface area contributed by atoms with Crippen molar-refractivity contribution in [1.29, 1.82) is 0 Å². The number of ether oxygens (including phenoxy) is 1. The number of hydrogen-bond acceptors (Lipinski definition) is 3. The lowest BCUT2D eigenvalue weighted by Crippen LogP contribution is -2.50. The Morgan fingerprint density at radius 2 is 1.94 bits per heavy atom. The Hall–Kier alpha value is -1.06. The van der Waals surface area contributed by atoms with Crippen molar-refractivity contribution in [3.63, 3.8) is 0 Å². The Bertz CT molecular complexity index is 312. The van der Waals surface area contributed by atoms with Crippen molar-refractivity contribution in [2.75, 3.05) is 13.7 Å². The fraction of sp³-hybridized carbons (Fsp3) is 0.846. The Balaban J connectivity index is 2.04. The zero-order chi connectivity index (χ0) is 12.4. The van der Waals surface area contributed by atoms with Gasteiger partial charge in [-0.05, 0) is 38.0 Å². The monoisotopic (exact) mass is 239 g/mol. The van der Waals surface area contributed by atoms with E-state index in [9.17, 15) is 9.59 Å². The smallest absolute Gasteiger partial charge is 0.328 e. The van der Waals surface area contributed by atoms with Crippen LogP contribution in [0.25, 0.3) is 0 Å². The average molecular weight is 239 g/mol. The van der Waals surface area contributed by atoms with E-state index in [-0.39, 0.29) is 23.8 Å². The molecule has 0 aromatic carbocycles. The molecule has 0 aromatic heterocycles. The lowest BCUT2D eigenvalue weighted by atomic mass is 9.97. The largest absolute Gasteiger partial charge is 0.467 e. The molecule has 1 heterocycles. The zero-order valence-corrected chi connectivity index (χ0v) is 10.6. The summed E-state index contributed by atoms with van der Waals surface area (Å²) in [5.74, 6) is 0.492. The van der Waals surface area contributed by atoms with Crippen LogP contribution in [0.15, 0.2) is 0 Å². The van der Waals surface area contributed by atoms with Gasteiger partial charge in [0.2, 0.25) is 5.91 Å². The number of nitrogens with zero attached hydrogens (tertiary/aromatic N) is 1. The van der Waals surface area contributed by atoms with Crippen molar-refractivity contribution < 1.29 is 14.3 Å². The molecule has 0 bridgehead atoms. The molecule has 2 aliphatic rings. The maximum Gasteiger partial charge on any atom is 0.328 e. The van der Waals surface area contributed by atoms with Gasteiger partial charge < -0.3 is 9.64 Å². The van der Waals surface area contributed by atoms with Crippen LogP contribution in [0.4, 0.5) is 0 Å². The standard InChI is InChI=1S/C13H21NO3/c1-9(10-6-7-10)12(15)14-8-4-3-5-11(14)13(16)17-2/h9-11H,3-8H2,1-2H3/t9?,11-/m1/s1. The van der Waals surface area contributed by atoms with Crippen molar-refractivity contribution >= 4 is 11.9 Å². The van der Waals surface area contributed by atoms with Gasteiger partial charge in [-0.25, -0.2) is 4.79 Å². The van der Waals surface area contributed by atoms with E-state index in [0.717, 1.165) is 32.1 Å². The molecule has 0 spiro atoms. The zero-order valence-electron chi connectivity index (χ0n) is 10.6. The highest BCUT2D eigenvalue weighted by Gasteiger charge is 2.39. The molecule has 0 N–H and O–H groups in total. The second kappa shape index (κ2) is 5.07. The van der Waals surface area contributed by atoms with E-state index >= 15 is 0 Å². The van der Waals surface area contributed by atoms with Crippen molar-refractivity contribution in [2.24, 2.45) is 11.8 Å². The highest BCUT2D eigenvalue weighted by atomic mass is 16.5. The van der Waals surface area contributed by atoms with E-state index in [1.54, 1.807) is 4.90 Å². The number of likely N-dealkylation sites (tertiary alicyclic amines) is 1. The first-order valence-electron chi connectivity index (χ1n) is 6.53. The molecule has 4 nitrogen and oxygen atoms in total. The van der Waals surface area contributed by atoms with Gasteiger partial charge in [-0.15, -0.1) is 0 Å². The fourth-order valence-electron chi connectivity index (χ4n) is 2.64. The van der Waals surface area contributed by atoms with Crippen molar-refractivity contribution in [3.05, 3.63) is 0 Å². The highest BCUT2D eigenvalue weighted by Crippen LogP contribution is 2.38. The summed E-state index contributed by atoms with van der Waals surface area (Å²) in [6.45, 7) is 2.69. The van der Waals surface area contributed by atoms with Gasteiger partial charge in [-0.1, -0.05) is 6.92 Å². The third-order valence-electron chi connectivity index (χ3n) is 3.98. The van der Waals surface area contributed by atoms with Gasteiger partial charge in [0.15, 0.2) is 0 Å². The summed E-state index contributed by atoms with van der Waals surface area (Å²) in [6.07, 6.45) is 5.06. The molecule has 0 aromatic rings. The van der Waals surface area contributed by atoms with Gasteiger partial charge in [0.05, 0.1) is 7.11 Å². The number of carbonyl (C=O) groups is 2. The topological polar surface area (TPSA) is 46.6 Å². The van der Waals surface area contributed by atoms with E-state index in [4.69, 9.17) is 4.74 Å². The summed E-state index contributed by atoms with van der Waals surface area (Å²) < 4.78 is 4.79. The van der Waals surface area contributed by atoms with Crippen molar-refractivity contribution in [3.8, 4) is 0 Å². The van der Waals surface area contributed by atoms with Gasteiger partial charge in [0, 0.05) is 12.5 Å². The van der Waals surface area contributed by atoms with Crippen molar-refractivity contribution in [2.45, 2.75) is 45.1 Å². The molecule has 2 fully saturated rings. The molecule has 2 atom stereocenters. The summed E-state index contributed by atoms with van der Waals surface area (Å²) in [5, 5.41) is 0. The molecule has 0 radical (unpaired) electrons. The van der Waals surface area contributed by atoms with Gasteiger partial charge in [0.1, 0.15) is 6.04 Å². The Labute approximate surface area is 102 Å². The van der Waals surface area contributed by atoms with E-state index < -0.39 is 0 Å². The Kier molecular flexibility index (Phi) is 3.69. The number of amides is 1. The van der Waals surface area contributed by atoms with E-state index in [0.29, 0.717) is 12.5 Å². The van der Waals surface area contributed by atoms with Gasteiger partial charge in [-0.3, -0.25) is 4.79 Å². The van der Waals surface area contributed by atoms with Crippen LogP contribution >= 0.6 is 0 Å². The lowest BCUT2D eigenvalue weighted by Gasteiger charge is -2.35. The van der Waals surface area contributed by atoms with Crippen LogP contribution in [0.2, 0.25) is 0 Å². The lowest BCUT2D eigenvalue weighted by molar-refractivity contribution is -0.156.